The molecule has 0 spiro atoms. The Hall–Kier alpha value is -3.02. The van der Waals surface area contributed by atoms with Gasteiger partial charge in [0.1, 0.15) is 6.54 Å². The summed E-state index contributed by atoms with van der Waals surface area (Å²) in [6.07, 6.45) is 0. The van der Waals surface area contributed by atoms with Gasteiger partial charge in [0.15, 0.2) is 0 Å². The van der Waals surface area contributed by atoms with Crippen molar-refractivity contribution in [2.24, 2.45) is 0 Å². The molecule has 6 heteroatoms. The summed E-state index contributed by atoms with van der Waals surface area (Å²) in [5.74, 6) is 0.461. The van der Waals surface area contributed by atoms with Gasteiger partial charge in [0, 0.05) is 19.2 Å². The van der Waals surface area contributed by atoms with E-state index < -0.39 is 0 Å². The normalized spacial score (nSPS) is 10.7. The molecule has 128 valence electrons. The van der Waals surface area contributed by atoms with Crippen LogP contribution < -0.4 is 0 Å². The third-order valence-electron chi connectivity index (χ3n) is 4.09. The van der Waals surface area contributed by atoms with Gasteiger partial charge in [-0.1, -0.05) is 54.1 Å². The molecule has 0 atom stereocenters. The fraction of sp³-hybridized carbons (Fsp3) is 0.263. The van der Waals surface area contributed by atoms with Gasteiger partial charge in [-0.3, -0.25) is 4.79 Å². The molecule has 0 bridgehead atoms. The van der Waals surface area contributed by atoms with Crippen LogP contribution in [0, 0.1) is 13.8 Å². The molecule has 1 amide bonds. The van der Waals surface area contributed by atoms with E-state index in [1.165, 1.54) is 15.9 Å². The molecule has 2 aromatic carbocycles. The number of carbonyl (C=O) groups excluding carboxylic acids is 1. The number of hydrogen-bond acceptors (Lipinski definition) is 4. The third kappa shape index (κ3) is 4.09. The number of nitrogens with zero attached hydrogens (tertiary/aromatic N) is 5. The van der Waals surface area contributed by atoms with Crippen molar-refractivity contribution < 1.29 is 4.79 Å². The zero-order chi connectivity index (χ0) is 17.8. The molecule has 6 nitrogen and oxygen atoms in total. The van der Waals surface area contributed by atoms with Crippen molar-refractivity contribution >= 4 is 5.91 Å². The van der Waals surface area contributed by atoms with Gasteiger partial charge in [0.2, 0.25) is 11.7 Å². The maximum atomic E-state index is 12.4. The summed E-state index contributed by atoms with van der Waals surface area (Å²) in [4.78, 5) is 15.5. The van der Waals surface area contributed by atoms with Crippen LogP contribution in [0.25, 0.3) is 11.4 Å². The fourth-order valence-electron chi connectivity index (χ4n) is 2.62. The number of likely N-dealkylation sites (N-methyl/N-ethyl adjacent to an activating group) is 1. The SMILES string of the molecule is Cc1ccc(CN(C)C(=O)Cn2nnc(-c3ccccc3)n2)c(C)c1. The number of aromatic nitrogens is 4. The number of amides is 1. The molecule has 1 aromatic heterocycles. The van der Waals surface area contributed by atoms with Gasteiger partial charge in [0.05, 0.1) is 0 Å². The van der Waals surface area contributed by atoms with Crippen LogP contribution in [0.15, 0.2) is 48.5 Å². The summed E-state index contributed by atoms with van der Waals surface area (Å²) >= 11 is 0. The van der Waals surface area contributed by atoms with Crippen molar-refractivity contribution in [2.45, 2.75) is 26.9 Å². The molecule has 0 saturated carbocycles. The molecule has 0 N–H and O–H groups in total. The molecular formula is C19H21N5O. The molecule has 3 aromatic rings. The molecular weight excluding hydrogens is 314 g/mol. The second-order valence-corrected chi connectivity index (χ2v) is 6.19. The van der Waals surface area contributed by atoms with Gasteiger partial charge in [-0.05, 0) is 30.2 Å². The van der Waals surface area contributed by atoms with Crippen LogP contribution in [-0.4, -0.2) is 38.1 Å². The number of benzene rings is 2. The summed E-state index contributed by atoms with van der Waals surface area (Å²) in [7, 11) is 1.79. The minimum atomic E-state index is -0.0583. The van der Waals surface area contributed by atoms with E-state index >= 15 is 0 Å². The van der Waals surface area contributed by atoms with Crippen molar-refractivity contribution in [3.8, 4) is 11.4 Å². The van der Waals surface area contributed by atoms with Crippen LogP contribution in [0.5, 0.6) is 0 Å². The lowest BCUT2D eigenvalue weighted by molar-refractivity contribution is -0.131. The zero-order valence-corrected chi connectivity index (χ0v) is 14.7. The Labute approximate surface area is 147 Å². The lowest BCUT2D eigenvalue weighted by Crippen LogP contribution is -2.30. The predicted octanol–water partition coefficient (Wildman–Crippen LogP) is 2.62. The largest absolute Gasteiger partial charge is 0.340 e. The highest BCUT2D eigenvalue weighted by Crippen LogP contribution is 2.14. The van der Waals surface area contributed by atoms with Gasteiger partial charge in [-0.15, -0.1) is 10.2 Å². The summed E-state index contributed by atoms with van der Waals surface area (Å²) in [6, 6.07) is 15.8. The Bertz CT molecular complexity index is 873. The van der Waals surface area contributed by atoms with Gasteiger partial charge >= 0.3 is 0 Å². The van der Waals surface area contributed by atoms with Crippen LogP contribution in [0.3, 0.4) is 0 Å². The average Bonchev–Trinajstić information content (AvgIpc) is 3.06. The Kier molecular flexibility index (Phi) is 4.88. The van der Waals surface area contributed by atoms with E-state index in [1.807, 2.05) is 30.3 Å². The number of rotatable bonds is 5. The molecule has 0 unspecified atom stereocenters. The Morgan fingerprint density at radius 2 is 1.88 bits per heavy atom. The van der Waals surface area contributed by atoms with E-state index in [1.54, 1.807) is 11.9 Å². The number of tetrazole rings is 1. The molecule has 1 heterocycles. The number of carbonyl (C=O) groups is 1. The van der Waals surface area contributed by atoms with Crippen molar-refractivity contribution in [3.05, 3.63) is 65.2 Å². The smallest absolute Gasteiger partial charge is 0.246 e. The van der Waals surface area contributed by atoms with Crippen molar-refractivity contribution in [3.63, 3.8) is 0 Å². The molecule has 25 heavy (non-hydrogen) atoms. The zero-order valence-electron chi connectivity index (χ0n) is 14.7. The first-order valence-corrected chi connectivity index (χ1v) is 8.16. The maximum absolute atomic E-state index is 12.4. The minimum absolute atomic E-state index is 0.0583. The van der Waals surface area contributed by atoms with Gasteiger partial charge in [-0.2, -0.15) is 4.80 Å². The van der Waals surface area contributed by atoms with E-state index in [2.05, 4.69) is 47.5 Å². The lowest BCUT2D eigenvalue weighted by atomic mass is 10.1. The Balaban J connectivity index is 1.65. The van der Waals surface area contributed by atoms with Crippen molar-refractivity contribution in [2.75, 3.05) is 7.05 Å². The summed E-state index contributed by atoms with van der Waals surface area (Å²) < 4.78 is 0. The summed E-state index contributed by atoms with van der Waals surface area (Å²) in [5.41, 5.74) is 4.42. The van der Waals surface area contributed by atoms with E-state index in [-0.39, 0.29) is 12.5 Å². The highest BCUT2D eigenvalue weighted by atomic mass is 16.2. The summed E-state index contributed by atoms with van der Waals surface area (Å²) in [6.45, 7) is 4.75. The monoisotopic (exact) mass is 335 g/mol. The van der Waals surface area contributed by atoms with Crippen LogP contribution in [0.1, 0.15) is 16.7 Å². The highest BCUT2D eigenvalue weighted by molar-refractivity contribution is 5.75. The first kappa shape index (κ1) is 16.8. The first-order chi connectivity index (χ1) is 12.0. The van der Waals surface area contributed by atoms with E-state index in [4.69, 9.17) is 0 Å². The molecule has 0 saturated heterocycles. The van der Waals surface area contributed by atoms with Crippen LogP contribution >= 0.6 is 0 Å². The lowest BCUT2D eigenvalue weighted by Gasteiger charge is -2.18. The van der Waals surface area contributed by atoms with Gasteiger partial charge in [-0.25, -0.2) is 0 Å². The fourth-order valence-corrected chi connectivity index (χ4v) is 2.62. The second-order valence-electron chi connectivity index (χ2n) is 6.19. The molecule has 0 fully saturated rings. The third-order valence-corrected chi connectivity index (χ3v) is 4.09. The molecule has 3 rings (SSSR count). The van der Waals surface area contributed by atoms with Crippen molar-refractivity contribution in [1.82, 2.24) is 25.1 Å². The van der Waals surface area contributed by atoms with Crippen LogP contribution in [0.2, 0.25) is 0 Å². The van der Waals surface area contributed by atoms with Gasteiger partial charge < -0.3 is 4.90 Å². The Morgan fingerprint density at radius 1 is 1.12 bits per heavy atom. The number of aryl methyl sites for hydroxylation is 2. The first-order valence-electron chi connectivity index (χ1n) is 8.16. The quantitative estimate of drug-likeness (QED) is 0.719. The Morgan fingerprint density at radius 3 is 2.60 bits per heavy atom. The van der Waals surface area contributed by atoms with E-state index in [0.717, 1.165) is 11.1 Å². The van der Waals surface area contributed by atoms with E-state index in [9.17, 15) is 4.79 Å². The molecule has 0 aliphatic heterocycles. The van der Waals surface area contributed by atoms with Gasteiger partial charge in [0.25, 0.3) is 0 Å². The van der Waals surface area contributed by atoms with Crippen molar-refractivity contribution in [1.29, 1.82) is 0 Å². The standard InChI is InChI=1S/C19H21N5O/c1-14-9-10-17(15(2)11-14)12-23(3)18(25)13-24-21-19(20-22-24)16-7-5-4-6-8-16/h4-11H,12-13H2,1-3H3. The number of hydrogen-bond donors (Lipinski definition) is 0. The summed E-state index contributed by atoms with van der Waals surface area (Å²) in [5, 5.41) is 12.3. The highest BCUT2D eigenvalue weighted by Gasteiger charge is 2.14. The topological polar surface area (TPSA) is 63.9 Å². The van der Waals surface area contributed by atoms with Crippen LogP contribution in [-0.2, 0) is 17.9 Å². The molecule has 0 aliphatic carbocycles. The molecule has 0 aliphatic rings. The maximum Gasteiger partial charge on any atom is 0.246 e. The second kappa shape index (κ2) is 7.25. The molecule has 0 radical (unpaired) electrons. The van der Waals surface area contributed by atoms with Crippen LogP contribution in [0.4, 0.5) is 0 Å². The average molecular weight is 335 g/mol. The minimum Gasteiger partial charge on any atom is -0.340 e. The van der Waals surface area contributed by atoms with E-state index in [0.29, 0.717) is 12.4 Å². The predicted molar refractivity (Wildman–Crippen MR) is 95.6 cm³/mol.